The van der Waals surface area contributed by atoms with Gasteiger partial charge in [-0.05, 0) is 32.4 Å². The maximum Gasteiger partial charge on any atom is 0.260 e. The van der Waals surface area contributed by atoms with Crippen molar-refractivity contribution in [2.45, 2.75) is 45.8 Å². The number of hydrogen-bond acceptors (Lipinski definition) is 2. The number of para-hydroxylation sites is 1. The van der Waals surface area contributed by atoms with E-state index < -0.39 is 6.10 Å². The van der Waals surface area contributed by atoms with Gasteiger partial charge in [-0.3, -0.25) is 4.79 Å². The molecule has 0 aromatic heterocycles. The van der Waals surface area contributed by atoms with Gasteiger partial charge in [-0.1, -0.05) is 31.5 Å². The van der Waals surface area contributed by atoms with Crippen LogP contribution in [0.5, 0.6) is 5.75 Å². The second kappa shape index (κ2) is 6.94. The quantitative estimate of drug-likeness (QED) is 0.823. The van der Waals surface area contributed by atoms with Crippen LogP contribution >= 0.6 is 0 Å². The maximum absolute atomic E-state index is 11.8. The van der Waals surface area contributed by atoms with Crippen molar-refractivity contribution in [2.75, 3.05) is 0 Å². The Bertz CT molecular complexity index is 337. The van der Waals surface area contributed by atoms with Crippen LogP contribution in [-0.2, 0) is 4.79 Å². The van der Waals surface area contributed by atoms with Gasteiger partial charge in [0.25, 0.3) is 5.91 Å². The fourth-order valence-electron chi connectivity index (χ4n) is 1.62. The third-order valence-electron chi connectivity index (χ3n) is 2.54. The van der Waals surface area contributed by atoms with E-state index in [4.69, 9.17) is 4.74 Å². The first-order chi connectivity index (χ1) is 8.13. The molecular weight excluding hydrogens is 214 g/mol. The predicted molar refractivity (Wildman–Crippen MR) is 69.0 cm³/mol. The first-order valence-corrected chi connectivity index (χ1v) is 6.15. The first kappa shape index (κ1) is 13.6. The summed E-state index contributed by atoms with van der Waals surface area (Å²) in [7, 11) is 0. The van der Waals surface area contributed by atoms with Crippen molar-refractivity contribution in [3.63, 3.8) is 0 Å². The SMILES string of the molecule is CCCC(C)NC(=O)C(C)Oc1ccccc1. The average molecular weight is 235 g/mol. The number of rotatable bonds is 6. The molecule has 3 nitrogen and oxygen atoms in total. The third-order valence-corrected chi connectivity index (χ3v) is 2.54. The van der Waals surface area contributed by atoms with Crippen LogP contribution in [-0.4, -0.2) is 18.1 Å². The lowest BCUT2D eigenvalue weighted by molar-refractivity contribution is -0.127. The lowest BCUT2D eigenvalue weighted by atomic mass is 10.2. The summed E-state index contributed by atoms with van der Waals surface area (Å²) >= 11 is 0. The van der Waals surface area contributed by atoms with Crippen LogP contribution in [0, 0.1) is 0 Å². The fourth-order valence-corrected chi connectivity index (χ4v) is 1.62. The van der Waals surface area contributed by atoms with Gasteiger partial charge >= 0.3 is 0 Å². The highest BCUT2D eigenvalue weighted by Crippen LogP contribution is 2.10. The third kappa shape index (κ3) is 4.89. The lowest BCUT2D eigenvalue weighted by Gasteiger charge is -2.18. The van der Waals surface area contributed by atoms with Crippen molar-refractivity contribution in [3.05, 3.63) is 30.3 Å². The molecule has 0 aliphatic rings. The Morgan fingerprint density at radius 1 is 1.29 bits per heavy atom. The molecule has 0 saturated carbocycles. The largest absolute Gasteiger partial charge is 0.481 e. The number of hydrogen-bond donors (Lipinski definition) is 1. The van der Waals surface area contributed by atoms with Crippen LogP contribution in [0.25, 0.3) is 0 Å². The zero-order valence-corrected chi connectivity index (χ0v) is 10.8. The van der Waals surface area contributed by atoms with E-state index in [1.807, 2.05) is 37.3 Å². The monoisotopic (exact) mass is 235 g/mol. The van der Waals surface area contributed by atoms with Crippen LogP contribution in [0.4, 0.5) is 0 Å². The predicted octanol–water partition coefficient (Wildman–Crippen LogP) is 2.76. The Hall–Kier alpha value is -1.51. The molecule has 0 aliphatic carbocycles. The Labute approximate surface area is 103 Å². The molecule has 3 heteroatoms. The minimum absolute atomic E-state index is 0.0604. The van der Waals surface area contributed by atoms with Gasteiger partial charge < -0.3 is 10.1 Å². The molecule has 0 bridgehead atoms. The topological polar surface area (TPSA) is 38.3 Å². The summed E-state index contributed by atoms with van der Waals surface area (Å²) in [6, 6.07) is 9.59. The van der Waals surface area contributed by atoms with E-state index >= 15 is 0 Å². The summed E-state index contributed by atoms with van der Waals surface area (Å²) in [5, 5.41) is 2.94. The zero-order valence-electron chi connectivity index (χ0n) is 10.8. The van der Waals surface area contributed by atoms with E-state index in [1.165, 1.54) is 0 Å². The number of carbonyl (C=O) groups excluding carboxylic acids is 1. The Morgan fingerprint density at radius 3 is 2.53 bits per heavy atom. The van der Waals surface area contributed by atoms with Crippen molar-refractivity contribution in [1.29, 1.82) is 0 Å². The molecule has 1 aromatic rings. The fraction of sp³-hybridized carbons (Fsp3) is 0.500. The van der Waals surface area contributed by atoms with Crippen molar-refractivity contribution in [3.8, 4) is 5.75 Å². The molecule has 1 amide bonds. The lowest BCUT2D eigenvalue weighted by Crippen LogP contribution is -2.41. The normalized spacial score (nSPS) is 13.8. The number of carbonyl (C=O) groups is 1. The Balaban J connectivity index is 2.42. The van der Waals surface area contributed by atoms with Crippen molar-refractivity contribution in [1.82, 2.24) is 5.32 Å². The molecule has 0 aliphatic heterocycles. The van der Waals surface area contributed by atoms with Gasteiger partial charge in [0, 0.05) is 6.04 Å². The summed E-state index contributed by atoms with van der Waals surface area (Å²) in [4.78, 5) is 11.8. The van der Waals surface area contributed by atoms with Crippen molar-refractivity contribution >= 4 is 5.91 Å². The average Bonchev–Trinajstić information content (AvgIpc) is 2.30. The van der Waals surface area contributed by atoms with Gasteiger partial charge in [0.2, 0.25) is 0 Å². The molecule has 0 radical (unpaired) electrons. The Morgan fingerprint density at radius 2 is 1.94 bits per heavy atom. The van der Waals surface area contributed by atoms with E-state index in [1.54, 1.807) is 6.92 Å². The molecule has 0 heterocycles. The number of nitrogens with one attached hydrogen (secondary N) is 1. The highest BCUT2D eigenvalue weighted by Gasteiger charge is 2.16. The van der Waals surface area contributed by atoms with Crippen LogP contribution in [0.2, 0.25) is 0 Å². The molecule has 2 unspecified atom stereocenters. The van der Waals surface area contributed by atoms with E-state index in [2.05, 4.69) is 12.2 Å². The van der Waals surface area contributed by atoms with Crippen LogP contribution in [0.3, 0.4) is 0 Å². The number of benzene rings is 1. The van der Waals surface area contributed by atoms with Crippen molar-refractivity contribution in [2.24, 2.45) is 0 Å². The van der Waals surface area contributed by atoms with Crippen LogP contribution in [0.15, 0.2) is 30.3 Å². The zero-order chi connectivity index (χ0) is 12.7. The van der Waals surface area contributed by atoms with Gasteiger partial charge in [0.15, 0.2) is 6.10 Å². The summed E-state index contributed by atoms with van der Waals surface area (Å²) in [6.07, 6.45) is 1.59. The van der Waals surface area contributed by atoms with Gasteiger partial charge in [0.05, 0.1) is 0 Å². The van der Waals surface area contributed by atoms with E-state index in [-0.39, 0.29) is 11.9 Å². The molecule has 0 fully saturated rings. The molecule has 0 saturated heterocycles. The summed E-state index contributed by atoms with van der Waals surface area (Å²) in [6.45, 7) is 5.88. The highest BCUT2D eigenvalue weighted by atomic mass is 16.5. The molecule has 0 spiro atoms. The molecular formula is C14H21NO2. The maximum atomic E-state index is 11.8. The van der Waals surface area contributed by atoms with Crippen LogP contribution in [0.1, 0.15) is 33.6 Å². The molecule has 1 aromatic carbocycles. The van der Waals surface area contributed by atoms with Crippen LogP contribution < -0.4 is 10.1 Å². The molecule has 94 valence electrons. The highest BCUT2D eigenvalue weighted by molar-refractivity contribution is 5.80. The van der Waals surface area contributed by atoms with Gasteiger partial charge in [-0.25, -0.2) is 0 Å². The molecule has 2 atom stereocenters. The minimum Gasteiger partial charge on any atom is -0.481 e. The first-order valence-electron chi connectivity index (χ1n) is 6.15. The standard InChI is InChI=1S/C14H21NO2/c1-4-8-11(2)15-14(16)12(3)17-13-9-6-5-7-10-13/h5-7,9-12H,4,8H2,1-3H3,(H,15,16). The second-order valence-electron chi connectivity index (χ2n) is 4.27. The number of amides is 1. The van der Waals surface area contributed by atoms with Gasteiger partial charge in [0.1, 0.15) is 5.75 Å². The Kier molecular flexibility index (Phi) is 5.53. The molecule has 17 heavy (non-hydrogen) atoms. The van der Waals surface area contributed by atoms with Crippen molar-refractivity contribution < 1.29 is 9.53 Å². The van der Waals surface area contributed by atoms with E-state index in [0.717, 1.165) is 18.6 Å². The molecule has 1 N–H and O–H groups in total. The summed E-state index contributed by atoms with van der Waals surface area (Å²) in [5.41, 5.74) is 0. The smallest absolute Gasteiger partial charge is 0.260 e. The molecule has 1 rings (SSSR count). The van der Waals surface area contributed by atoms with E-state index in [9.17, 15) is 4.79 Å². The second-order valence-corrected chi connectivity index (χ2v) is 4.27. The number of ether oxygens (including phenoxy) is 1. The summed E-state index contributed by atoms with van der Waals surface area (Å²) < 4.78 is 5.54. The summed E-state index contributed by atoms with van der Waals surface area (Å²) in [5.74, 6) is 0.660. The van der Waals surface area contributed by atoms with E-state index in [0.29, 0.717) is 0 Å². The van der Waals surface area contributed by atoms with Gasteiger partial charge in [-0.15, -0.1) is 0 Å². The van der Waals surface area contributed by atoms with Gasteiger partial charge in [-0.2, -0.15) is 0 Å². The minimum atomic E-state index is -0.461.